The number of likely N-dealkylation sites (tertiary alicyclic amines) is 2. The first kappa shape index (κ1) is 43.7. The third kappa shape index (κ3) is 10.0. The van der Waals surface area contributed by atoms with E-state index in [1.165, 1.54) is 0 Å². The summed E-state index contributed by atoms with van der Waals surface area (Å²) in [7, 11) is 7.49. The molecule has 7 rings (SSSR count). The van der Waals surface area contributed by atoms with E-state index >= 15 is 0 Å². The molecular weight excluding hydrogens is 777 g/mol. The highest BCUT2D eigenvalue weighted by molar-refractivity contribution is 6.03. The molecule has 0 aliphatic carbocycles. The molecule has 0 bridgehead atoms. The summed E-state index contributed by atoms with van der Waals surface area (Å²) in [6, 6.07) is 41.2. The van der Waals surface area contributed by atoms with E-state index in [-0.39, 0.29) is 29.4 Å². The van der Waals surface area contributed by atoms with Crippen molar-refractivity contribution in [1.82, 2.24) is 19.6 Å². The van der Waals surface area contributed by atoms with Crippen LogP contribution in [0.1, 0.15) is 76.3 Å². The van der Waals surface area contributed by atoms with Gasteiger partial charge in [-0.15, -0.1) is 0 Å². The lowest BCUT2D eigenvalue weighted by Gasteiger charge is -2.31. The van der Waals surface area contributed by atoms with Gasteiger partial charge < -0.3 is 20.4 Å². The Kier molecular flexibility index (Phi) is 14.1. The van der Waals surface area contributed by atoms with Gasteiger partial charge in [-0.2, -0.15) is 0 Å². The van der Waals surface area contributed by atoms with Crippen LogP contribution in [0.4, 0.5) is 11.4 Å². The molecule has 0 aromatic heterocycles. The van der Waals surface area contributed by atoms with Gasteiger partial charge in [0.05, 0.1) is 5.92 Å². The number of rotatable bonds is 15. The van der Waals surface area contributed by atoms with Gasteiger partial charge in [-0.25, -0.2) is 0 Å². The van der Waals surface area contributed by atoms with Gasteiger partial charge >= 0.3 is 0 Å². The molecule has 2 saturated heterocycles. The fourth-order valence-electron chi connectivity index (χ4n) is 8.89. The number of ketones is 1. The third-order valence-corrected chi connectivity index (χ3v) is 12.0. The van der Waals surface area contributed by atoms with Crippen molar-refractivity contribution >= 4 is 40.8 Å². The summed E-state index contributed by atoms with van der Waals surface area (Å²) in [5, 5.41) is 6.03. The van der Waals surface area contributed by atoms with Gasteiger partial charge in [0, 0.05) is 30.0 Å². The zero-order valence-electron chi connectivity index (χ0n) is 35.9. The second-order valence-corrected chi connectivity index (χ2v) is 16.7. The first-order chi connectivity index (χ1) is 30.0. The van der Waals surface area contributed by atoms with Crippen LogP contribution in [0.3, 0.4) is 0 Å². The minimum atomic E-state index is -0.598. The molecule has 4 amide bonds. The zero-order chi connectivity index (χ0) is 43.8. The van der Waals surface area contributed by atoms with Gasteiger partial charge in [-0.05, 0) is 119 Å². The Labute approximate surface area is 364 Å². The second-order valence-electron chi connectivity index (χ2n) is 16.7. The molecule has 2 fully saturated rings. The van der Waals surface area contributed by atoms with E-state index in [0.29, 0.717) is 49.3 Å². The molecule has 0 radical (unpaired) electrons. The number of hydrogen-bond acceptors (Lipinski definition) is 7. The van der Waals surface area contributed by atoms with Crippen molar-refractivity contribution in [3.05, 3.63) is 167 Å². The molecule has 2 aliphatic rings. The Morgan fingerprint density at radius 3 is 1.32 bits per heavy atom. The number of amides is 4. The standard InChI is InChI=1S/C51H56N6O5/c1-54(2)45(37-18-10-6-11-19-37)50(61)56-32-14-22-43(56)48(59)52-40-28-24-35(25-29-40)34-42(36-16-8-5-9-17-36)47(58)39-26-30-41(31-27-39)53-49(60)44-23-15-33-57(44)51(62)46(55(3)4)38-20-12-7-13-21-38/h5-13,16-21,24-31,42-46H,14-15,22-23,32-34H2,1-4H3,(H,52,59)(H,53,60)/t42?,43-,44-,45+,46+/m0/s1. The maximum absolute atomic E-state index is 14.2. The maximum Gasteiger partial charge on any atom is 0.247 e. The maximum atomic E-state index is 14.2. The van der Waals surface area contributed by atoms with Crippen LogP contribution in [0, 0.1) is 0 Å². The number of likely N-dealkylation sites (N-methyl/N-ethyl adjacent to an activating group) is 2. The fourth-order valence-corrected chi connectivity index (χ4v) is 8.89. The Hall–Kier alpha value is -6.43. The van der Waals surface area contributed by atoms with Crippen molar-refractivity contribution in [3.63, 3.8) is 0 Å². The van der Waals surface area contributed by atoms with Crippen molar-refractivity contribution in [2.24, 2.45) is 0 Å². The molecule has 2 heterocycles. The summed E-state index contributed by atoms with van der Waals surface area (Å²) in [5.74, 6) is -1.22. The van der Waals surface area contributed by atoms with Crippen LogP contribution >= 0.6 is 0 Å². The van der Waals surface area contributed by atoms with E-state index < -0.39 is 30.1 Å². The summed E-state index contributed by atoms with van der Waals surface area (Å²) in [6.07, 6.45) is 3.07. The normalized spacial score (nSPS) is 17.7. The van der Waals surface area contributed by atoms with Crippen LogP contribution < -0.4 is 10.6 Å². The summed E-state index contributed by atoms with van der Waals surface area (Å²) in [4.78, 5) is 76.3. The van der Waals surface area contributed by atoms with Crippen molar-refractivity contribution in [1.29, 1.82) is 0 Å². The highest BCUT2D eigenvalue weighted by Gasteiger charge is 2.40. The molecule has 0 spiro atoms. The van der Waals surface area contributed by atoms with E-state index in [4.69, 9.17) is 0 Å². The molecule has 5 aromatic rings. The summed E-state index contributed by atoms with van der Waals surface area (Å²) < 4.78 is 0. The lowest BCUT2D eigenvalue weighted by molar-refractivity contribution is -0.141. The lowest BCUT2D eigenvalue weighted by Crippen LogP contribution is -2.47. The molecule has 5 aromatic carbocycles. The molecule has 62 heavy (non-hydrogen) atoms. The molecular formula is C51H56N6O5. The molecule has 2 N–H and O–H groups in total. The number of anilines is 2. The van der Waals surface area contributed by atoms with Gasteiger partial charge in [0.25, 0.3) is 0 Å². The van der Waals surface area contributed by atoms with Crippen LogP contribution in [0.15, 0.2) is 140 Å². The largest absolute Gasteiger partial charge is 0.329 e. The topological polar surface area (TPSA) is 122 Å². The van der Waals surface area contributed by atoms with E-state index in [9.17, 15) is 24.0 Å². The molecule has 5 atom stereocenters. The van der Waals surface area contributed by atoms with Gasteiger partial charge in [-0.3, -0.25) is 33.8 Å². The first-order valence-electron chi connectivity index (χ1n) is 21.4. The van der Waals surface area contributed by atoms with Crippen LogP contribution in [-0.2, 0) is 25.6 Å². The number of nitrogens with one attached hydrogen (secondary N) is 2. The SMILES string of the molecule is CN(C)[C@@H](C(=O)N1CCC[C@H]1C(=O)Nc1ccc(CC(C(=O)c2ccc(NC(=O)[C@@H]3CCCN3C(=O)[C@@H](c3ccccc3)N(C)C)cc2)c2ccccc2)cc1)c1ccccc1. The van der Waals surface area contributed by atoms with Gasteiger partial charge in [0.1, 0.15) is 24.2 Å². The van der Waals surface area contributed by atoms with E-state index in [0.717, 1.165) is 35.1 Å². The Bertz CT molecular complexity index is 2320. The summed E-state index contributed by atoms with van der Waals surface area (Å²) in [6.45, 7) is 1.03. The first-order valence-corrected chi connectivity index (χ1v) is 21.4. The van der Waals surface area contributed by atoms with Crippen LogP contribution in [-0.4, -0.2) is 102 Å². The van der Waals surface area contributed by atoms with Crippen molar-refractivity contribution < 1.29 is 24.0 Å². The lowest BCUT2D eigenvalue weighted by atomic mass is 9.85. The van der Waals surface area contributed by atoms with E-state index in [2.05, 4.69) is 10.6 Å². The van der Waals surface area contributed by atoms with Gasteiger partial charge in [-0.1, -0.05) is 103 Å². The zero-order valence-corrected chi connectivity index (χ0v) is 35.9. The minimum Gasteiger partial charge on any atom is -0.329 e. The fraction of sp³-hybridized carbons (Fsp3) is 0.314. The average molecular weight is 833 g/mol. The quantitative estimate of drug-likeness (QED) is 0.106. The molecule has 11 heteroatoms. The van der Waals surface area contributed by atoms with Gasteiger partial charge in [0.2, 0.25) is 23.6 Å². The van der Waals surface area contributed by atoms with E-state index in [1.807, 2.05) is 153 Å². The average Bonchev–Trinajstić information content (AvgIpc) is 3.99. The molecule has 2 aliphatic heterocycles. The number of carbonyl (C=O) groups is 5. The number of carbonyl (C=O) groups excluding carboxylic acids is 5. The Morgan fingerprint density at radius 1 is 0.532 bits per heavy atom. The van der Waals surface area contributed by atoms with Gasteiger partial charge in [0.15, 0.2) is 5.78 Å². The Morgan fingerprint density at radius 2 is 0.919 bits per heavy atom. The Balaban J connectivity index is 0.993. The van der Waals surface area contributed by atoms with Crippen molar-refractivity contribution in [2.45, 2.75) is 62.2 Å². The van der Waals surface area contributed by atoms with Crippen LogP contribution in [0.25, 0.3) is 0 Å². The van der Waals surface area contributed by atoms with Crippen LogP contribution in [0.2, 0.25) is 0 Å². The third-order valence-electron chi connectivity index (χ3n) is 12.0. The molecule has 0 saturated carbocycles. The van der Waals surface area contributed by atoms with Crippen molar-refractivity contribution in [3.8, 4) is 0 Å². The summed E-state index contributed by atoms with van der Waals surface area (Å²) >= 11 is 0. The number of hydrogen-bond donors (Lipinski definition) is 2. The smallest absolute Gasteiger partial charge is 0.247 e. The number of Topliss-reactive ketones (excluding diaryl/α,β-unsaturated/α-hetero) is 1. The highest BCUT2D eigenvalue weighted by atomic mass is 16.2. The van der Waals surface area contributed by atoms with E-state index in [1.54, 1.807) is 34.1 Å². The molecule has 320 valence electrons. The van der Waals surface area contributed by atoms with Crippen molar-refractivity contribution in [2.75, 3.05) is 51.9 Å². The minimum absolute atomic E-state index is 0.0628. The summed E-state index contributed by atoms with van der Waals surface area (Å²) in [5.41, 5.74) is 5.23. The predicted molar refractivity (Wildman–Crippen MR) is 243 cm³/mol. The molecule has 1 unspecified atom stereocenters. The monoisotopic (exact) mass is 832 g/mol. The second kappa shape index (κ2) is 20.0. The number of nitrogens with zero attached hydrogens (tertiary/aromatic N) is 4. The van der Waals surface area contributed by atoms with Crippen LogP contribution in [0.5, 0.6) is 0 Å². The number of benzene rings is 5. The highest BCUT2D eigenvalue weighted by Crippen LogP contribution is 2.31. The molecule has 11 nitrogen and oxygen atoms in total. The predicted octanol–water partition coefficient (Wildman–Crippen LogP) is 7.36.